The van der Waals surface area contributed by atoms with Crippen LogP contribution in [0.15, 0.2) is 78.9 Å². The van der Waals surface area contributed by atoms with E-state index in [1.165, 1.54) is 6.07 Å². The number of nitro groups is 2. The van der Waals surface area contributed by atoms with E-state index in [0.29, 0.717) is 0 Å². The number of carbonyl (C=O) groups excluding carboxylic acids is 1. The van der Waals surface area contributed by atoms with Gasteiger partial charge in [0.25, 0.3) is 11.4 Å². The summed E-state index contributed by atoms with van der Waals surface area (Å²) < 4.78 is 0. The molecule has 0 aliphatic heterocycles. The van der Waals surface area contributed by atoms with Crippen LogP contribution in [0.5, 0.6) is 0 Å². The van der Waals surface area contributed by atoms with E-state index in [9.17, 15) is 25.0 Å². The zero-order valence-electron chi connectivity index (χ0n) is 15.2. The number of carbonyl (C=O) groups is 1. The molecule has 0 heterocycles. The average Bonchev–Trinajstić information content (AvgIpc) is 2.73. The zero-order valence-corrected chi connectivity index (χ0v) is 15.2. The van der Waals surface area contributed by atoms with Crippen molar-refractivity contribution in [2.75, 3.05) is 0 Å². The lowest BCUT2D eigenvalue weighted by Crippen LogP contribution is -2.30. The first-order chi connectivity index (χ1) is 14.0. The third kappa shape index (κ3) is 4.81. The van der Waals surface area contributed by atoms with E-state index >= 15 is 0 Å². The number of nitrogens with zero attached hydrogens (tertiary/aromatic N) is 2. The van der Waals surface area contributed by atoms with Crippen LogP contribution in [0.2, 0.25) is 0 Å². The second-order valence-electron chi connectivity index (χ2n) is 6.33. The number of non-ortho nitro benzene ring substituents is 1. The number of rotatable bonds is 7. The number of hydrogen-bond donors (Lipinski definition) is 1. The SMILES string of the molecule is O=C(Cc1ccc([N+](=O)[O-])cc1[N+](=O)[O-])NC(c1ccccc1)c1ccccc1. The Balaban J connectivity index is 1.86. The monoisotopic (exact) mass is 391 g/mol. The molecular formula is C21H17N3O5. The Hall–Kier alpha value is -4.07. The summed E-state index contributed by atoms with van der Waals surface area (Å²) in [7, 11) is 0. The molecule has 0 spiro atoms. The predicted molar refractivity (Wildman–Crippen MR) is 106 cm³/mol. The van der Waals surface area contributed by atoms with Gasteiger partial charge in [0.15, 0.2) is 0 Å². The molecule has 0 fully saturated rings. The summed E-state index contributed by atoms with van der Waals surface area (Å²) in [6, 6.07) is 21.5. The summed E-state index contributed by atoms with van der Waals surface area (Å²) in [5, 5.41) is 25.1. The highest BCUT2D eigenvalue weighted by atomic mass is 16.6. The first kappa shape index (κ1) is 19.7. The van der Waals surface area contributed by atoms with Crippen LogP contribution in [-0.2, 0) is 11.2 Å². The third-order valence-electron chi connectivity index (χ3n) is 4.40. The second kappa shape index (κ2) is 8.75. The molecule has 0 atom stereocenters. The maximum absolute atomic E-state index is 12.7. The molecule has 3 aromatic rings. The van der Waals surface area contributed by atoms with Gasteiger partial charge in [0, 0.05) is 11.6 Å². The van der Waals surface area contributed by atoms with E-state index in [1.807, 2.05) is 60.7 Å². The molecule has 29 heavy (non-hydrogen) atoms. The first-order valence-electron chi connectivity index (χ1n) is 8.76. The van der Waals surface area contributed by atoms with Crippen LogP contribution in [-0.4, -0.2) is 15.8 Å². The molecule has 3 aromatic carbocycles. The molecule has 0 radical (unpaired) electrons. The van der Waals surface area contributed by atoms with Gasteiger partial charge in [-0.05, 0) is 17.2 Å². The van der Waals surface area contributed by atoms with Crippen molar-refractivity contribution in [3.63, 3.8) is 0 Å². The molecule has 0 aliphatic rings. The third-order valence-corrected chi connectivity index (χ3v) is 4.40. The highest BCUT2D eigenvalue weighted by Crippen LogP contribution is 2.26. The smallest absolute Gasteiger partial charge is 0.279 e. The van der Waals surface area contributed by atoms with Crippen molar-refractivity contribution in [3.8, 4) is 0 Å². The number of benzene rings is 3. The fourth-order valence-electron chi connectivity index (χ4n) is 3.02. The van der Waals surface area contributed by atoms with Gasteiger partial charge in [-0.2, -0.15) is 0 Å². The molecule has 146 valence electrons. The lowest BCUT2D eigenvalue weighted by Gasteiger charge is -2.20. The van der Waals surface area contributed by atoms with E-state index in [-0.39, 0.29) is 12.0 Å². The van der Waals surface area contributed by atoms with E-state index in [1.54, 1.807) is 0 Å². The summed E-state index contributed by atoms with van der Waals surface area (Å²) in [6.07, 6.45) is -0.273. The van der Waals surface area contributed by atoms with Gasteiger partial charge in [-0.3, -0.25) is 25.0 Å². The quantitative estimate of drug-likeness (QED) is 0.484. The minimum Gasteiger partial charge on any atom is -0.345 e. The Bertz CT molecular complexity index is 999. The normalized spacial score (nSPS) is 10.5. The maximum atomic E-state index is 12.7. The van der Waals surface area contributed by atoms with E-state index < -0.39 is 33.2 Å². The standard InChI is InChI=1S/C21H17N3O5/c25-20(13-17-11-12-18(23(26)27)14-19(17)24(28)29)22-21(15-7-3-1-4-8-15)16-9-5-2-6-10-16/h1-12,14,21H,13H2,(H,22,25). The lowest BCUT2D eigenvalue weighted by molar-refractivity contribution is -0.394. The van der Waals surface area contributed by atoms with Gasteiger partial charge in [-0.25, -0.2) is 0 Å². The van der Waals surface area contributed by atoms with Crippen LogP contribution in [0.4, 0.5) is 11.4 Å². The highest BCUT2D eigenvalue weighted by molar-refractivity contribution is 5.81. The number of amides is 1. The molecule has 0 saturated heterocycles. The summed E-state index contributed by atoms with van der Waals surface area (Å²) >= 11 is 0. The molecular weight excluding hydrogens is 374 g/mol. The van der Waals surface area contributed by atoms with E-state index in [0.717, 1.165) is 23.3 Å². The first-order valence-corrected chi connectivity index (χ1v) is 8.76. The van der Waals surface area contributed by atoms with Crippen LogP contribution in [0.25, 0.3) is 0 Å². The van der Waals surface area contributed by atoms with Crippen molar-refractivity contribution < 1.29 is 14.6 Å². The molecule has 1 N–H and O–H groups in total. The van der Waals surface area contributed by atoms with Crippen molar-refractivity contribution in [2.45, 2.75) is 12.5 Å². The van der Waals surface area contributed by atoms with Gasteiger partial charge in [0.2, 0.25) is 5.91 Å². The molecule has 0 saturated carbocycles. The van der Waals surface area contributed by atoms with Crippen LogP contribution in [0, 0.1) is 20.2 Å². The van der Waals surface area contributed by atoms with Crippen LogP contribution < -0.4 is 5.32 Å². The Labute approximate surface area is 166 Å². The fraction of sp³-hybridized carbons (Fsp3) is 0.0952. The Morgan fingerprint density at radius 1 is 0.828 bits per heavy atom. The van der Waals surface area contributed by atoms with Gasteiger partial charge in [0.05, 0.1) is 28.4 Å². The van der Waals surface area contributed by atoms with Crippen molar-refractivity contribution in [1.82, 2.24) is 5.32 Å². The Morgan fingerprint density at radius 2 is 1.38 bits per heavy atom. The topological polar surface area (TPSA) is 115 Å². The molecule has 1 amide bonds. The number of nitrogens with one attached hydrogen (secondary N) is 1. The van der Waals surface area contributed by atoms with Crippen LogP contribution >= 0.6 is 0 Å². The minimum absolute atomic E-state index is 0.109. The largest absolute Gasteiger partial charge is 0.345 e. The molecule has 8 heteroatoms. The zero-order chi connectivity index (χ0) is 20.8. The highest BCUT2D eigenvalue weighted by Gasteiger charge is 2.23. The molecule has 8 nitrogen and oxygen atoms in total. The molecule has 0 aromatic heterocycles. The van der Waals surface area contributed by atoms with Gasteiger partial charge in [-0.1, -0.05) is 60.7 Å². The predicted octanol–water partition coefficient (Wildman–Crippen LogP) is 3.95. The van der Waals surface area contributed by atoms with E-state index in [2.05, 4.69) is 5.32 Å². The van der Waals surface area contributed by atoms with Crippen molar-refractivity contribution in [3.05, 3.63) is 116 Å². The minimum atomic E-state index is -0.721. The van der Waals surface area contributed by atoms with Crippen molar-refractivity contribution >= 4 is 17.3 Å². The summed E-state index contributed by atoms with van der Waals surface area (Å²) in [5.41, 5.74) is 0.992. The number of hydrogen-bond acceptors (Lipinski definition) is 5. The van der Waals surface area contributed by atoms with Gasteiger partial charge >= 0.3 is 0 Å². The average molecular weight is 391 g/mol. The molecule has 3 rings (SSSR count). The molecule has 0 unspecified atom stereocenters. The van der Waals surface area contributed by atoms with Crippen molar-refractivity contribution in [2.24, 2.45) is 0 Å². The molecule has 0 bridgehead atoms. The van der Waals surface area contributed by atoms with E-state index in [4.69, 9.17) is 0 Å². The maximum Gasteiger partial charge on any atom is 0.279 e. The summed E-state index contributed by atoms with van der Waals surface area (Å²) in [4.78, 5) is 33.4. The lowest BCUT2D eigenvalue weighted by atomic mass is 9.98. The summed E-state index contributed by atoms with van der Waals surface area (Å²) in [6.45, 7) is 0. The second-order valence-corrected chi connectivity index (χ2v) is 6.33. The van der Waals surface area contributed by atoms with Crippen molar-refractivity contribution in [1.29, 1.82) is 0 Å². The van der Waals surface area contributed by atoms with Gasteiger partial charge < -0.3 is 5.32 Å². The van der Waals surface area contributed by atoms with Crippen LogP contribution in [0.1, 0.15) is 22.7 Å². The molecule has 0 aliphatic carbocycles. The Kier molecular flexibility index (Phi) is 5.94. The fourth-order valence-corrected chi connectivity index (χ4v) is 3.02. The van der Waals surface area contributed by atoms with Crippen LogP contribution in [0.3, 0.4) is 0 Å². The Morgan fingerprint density at radius 3 is 1.86 bits per heavy atom. The van der Waals surface area contributed by atoms with Gasteiger partial charge in [0.1, 0.15) is 0 Å². The number of nitro benzene ring substituents is 2. The summed E-state index contributed by atoms with van der Waals surface area (Å²) in [5.74, 6) is -0.431. The van der Waals surface area contributed by atoms with Gasteiger partial charge in [-0.15, -0.1) is 0 Å².